The third kappa shape index (κ3) is 3.87. The van der Waals surface area contributed by atoms with Gasteiger partial charge in [-0.25, -0.2) is 0 Å². The van der Waals surface area contributed by atoms with Crippen LogP contribution in [-0.2, 0) is 9.53 Å². The molecule has 0 amide bonds. The van der Waals surface area contributed by atoms with Crippen LogP contribution in [0.25, 0.3) is 0 Å². The minimum absolute atomic E-state index is 0.147. The number of nitrogens with one attached hydrogen (secondary N) is 1. The van der Waals surface area contributed by atoms with E-state index in [1.807, 2.05) is 13.8 Å². The van der Waals surface area contributed by atoms with E-state index < -0.39 is 5.54 Å². The third-order valence-electron chi connectivity index (χ3n) is 3.48. The Bertz CT molecular complexity index is 271. The van der Waals surface area contributed by atoms with E-state index in [1.54, 1.807) is 11.8 Å². The van der Waals surface area contributed by atoms with Crippen LogP contribution in [0.4, 0.5) is 0 Å². The first kappa shape index (κ1) is 15.8. The Morgan fingerprint density at radius 3 is 2.94 bits per heavy atom. The van der Waals surface area contributed by atoms with Crippen molar-refractivity contribution in [3.05, 3.63) is 0 Å². The van der Waals surface area contributed by atoms with Crippen LogP contribution >= 0.6 is 11.8 Å². The van der Waals surface area contributed by atoms with Gasteiger partial charge in [0.25, 0.3) is 0 Å². The number of ether oxygens (including phenoxy) is 1. The summed E-state index contributed by atoms with van der Waals surface area (Å²) in [7, 11) is 1.45. The predicted octanol–water partition coefficient (Wildman–Crippen LogP) is 1.56. The maximum Gasteiger partial charge on any atom is 0.326 e. The van der Waals surface area contributed by atoms with Gasteiger partial charge in [-0.3, -0.25) is 4.79 Å². The number of rotatable bonds is 6. The van der Waals surface area contributed by atoms with Gasteiger partial charge in [-0.15, -0.1) is 0 Å². The average Bonchev–Trinajstić information content (AvgIpc) is 2.38. The molecule has 106 valence electrons. The Kier molecular flexibility index (Phi) is 6.46. The molecule has 0 saturated heterocycles. The average molecular weight is 275 g/mol. The molecular formula is C13H25NO3S. The highest BCUT2D eigenvalue weighted by atomic mass is 32.2. The molecule has 0 aliphatic heterocycles. The van der Waals surface area contributed by atoms with Crippen molar-refractivity contribution in [1.82, 2.24) is 5.32 Å². The number of thioether (sulfide) groups is 1. The minimum atomic E-state index is -0.519. The third-order valence-corrected chi connectivity index (χ3v) is 4.88. The molecular weight excluding hydrogens is 250 g/mol. The van der Waals surface area contributed by atoms with E-state index in [-0.39, 0.29) is 17.8 Å². The van der Waals surface area contributed by atoms with Crippen LogP contribution in [0.1, 0.15) is 39.5 Å². The van der Waals surface area contributed by atoms with Gasteiger partial charge in [0.05, 0.1) is 13.7 Å². The van der Waals surface area contributed by atoms with E-state index in [9.17, 15) is 4.79 Å². The molecule has 0 aromatic heterocycles. The first-order valence-electron chi connectivity index (χ1n) is 6.67. The first-order valence-corrected chi connectivity index (χ1v) is 7.62. The number of carbonyl (C=O) groups is 1. The molecule has 5 heteroatoms. The van der Waals surface area contributed by atoms with Gasteiger partial charge in [0.2, 0.25) is 0 Å². The molecule has 0 aromatic carbocycles. The lowest BCUT2D eigenvalue weighted by molar-refractivity contribution is -0.150. The standard InChI is InChI=1S/C13H25NO3S/c1-4-14-13(12(16)17-3)7-5-6-11(8-13)18-10(2)9-15/h10-11,14-15H,4-9H2,1-3H3. The zero-order chi connectivity index (χ0) is 13.6. The molecule has 0 bridgehead atoms. The van der Waals surface area contributed by atoms with Crippen molar-refractivity contribution in [2.75, 3.05) is 20.3 Å². The second kappa shape index (κ2) is 7.36. The van der Waals surface area contributed by atoms with Crippen LogP contribution in [0.2, 0.25) is 0 Å². The van der Waals surface area contributed by atoms with Crippen LogP contribution in [0.5, 0.6) is 0 Å². The zero-order valence-corrected chi connectivity index (χ0v) is 12.4. The molecule has 2 N–H and O–H groups in total. The van der Waals surface area contributed by atoms with Crippen molar-refractivity contribution in [1.29, 1.82) is 0 Å². The molecule has 1 rings (SSSR count). The number of aliphatic hydroxyl groups is 1. The van der Waals surface area contributed by atoms with Gasteiger partial charge in [0.15, 0.2) is 0 Å². The molecule has 18 heavy (non-hydrogen) atoms. The van der Waals surface area contributed by atoms with Crippen LogP contribution in [0, 0.1) is 0 Å². The Balaban J connectivity index is 2.70. The van der Waals surface area contributed by atoms with Crippen molar-refractivity contribution in [2.45, 2.75) is 55.6 Å². The summed E-state index contributed by atoms with van der Waals surface area (Å²) in [6.45, 7) is 4.99. The number of methoxy groups -OCH3 is 1. The van der Waals surface area contributed by atoms with Crippen LogP contribution in [-0.4, -0.2) is 47.4 Å². The summed E-state index contributed by atoms with van der Waals surface area (Å²) in [5.41, 5.74) is -0.519. The van der Waals surface area contributed by atoms with Gasteiger partial charge in [0, 0.05) is 10.5 Å². The number of esters is 1. The van der Waals surface area contributed by atoms with Gasteiger partial charge in [0.1, 0.15) is 5.54 Å². The molecule has 0 radical (unpaired) electrons. The smallest absolute Gasteiger partial charge is 0.326 e. The Morgan fingerprint density at radius 2 is 2.39 bits per heavy atom. The van der Waals surface area contributed by atoms with Crippen molar-refractivity contribution in [3.63, 3.8) is 0 Å². The lowest BCUT2D eigenvalue weighted by atomic mass is 9.81. The maximum absolute atomic E-state index is 12.0. The van der Waals surface area contributed by atoms with Crippen molar-refractivity contribution < 1.29 is 14.6 Å². The lowest BCUT2D eigenvalue weighted by Gasteiger charge is -2.39. The van der Waals surface area contributed by atoms with E-state index in [2.05, 4.69) is 5.32 Å². The molecule has 1 aliphatic rings. The number of hydrogen-bond acceptors (Lipinski definition) is 5. The Labute approximate surface area is 114 Å². The number of carbonyl (C=O) groups excluding carboxylic acids is 1. The van der Waals surface area contributed by atoms with Gasteiger partial charge in [-0.2, -0.15) is 11.8 Å². The maximum atomic E-state index is 12.0. The highest BCUT2D eigenvalue weighted by Gasteiger charge is 2.43. The monoisotopic (exact) mass is 275 g/mol. The van der Waals surface area contributed by atoms with Crippen molar-refractivity contribution in [2.24, 2.45) is 0 Å². The predicted molar refractivity (Wildman–Crippen MR) is 74.8 cm³/mol. The summed E-state index contributed by atoms with van der Waals surface area (Å²) in [6.07, 6.45) is 3.78. The molecule has 1 fully saturated rings. The van der Waals surface area contributed by atoms with Gasteiger partial charge < -0.3 is 15.2 Å². The summed E-state index contributed by atoms with van der Waals surface area (Å²) >= 11 is 1.78. The lowest BCUT2D eigenvalue weighted by Crippen LogP contribution is -2.56. The molecule has 0 aromatic rings. The molecule has 3 atom stereocenters. The normalized spacial score (nSPS) is 29.9. The number of hydrogen-bond donors (Lipinski definition) is 2. The quantitative estimate of drug-likeness (QED) is 0.721. The van der Waals surface area contributed by atoms with E-state index in [0.717, 1.165) is 32.2 Å². The fourth-order valence-corrected chi connectivity index (χ4v) is 4.09. The minimum Gasteiger partial charge on any atom is -0.468 e. The van der Waals surface area contributed by atoms with Crippen LogP contribution in [0.15, 0.2) is 0 Å². The summed E-state index contributed by atoms with van der Waals surface area (Å²) < 4.78 is 4.97. The van der Waals surface area contributed by atoms with Crippen LogP contribution < -0.4 is 5.32 Å². The number of aliphatic hydroxyl groups excluding tert-OH is 1. The summed E-state index contributed by atoms with van der Waals surface area (Å²) in [4.78, 5) is 12.0. The highest BCUT2D eigenvalue weighted by Crippen LogP contribution is 2.37. The fourth-order valence-electron chi connectivity index (χ4n) is 2.66. The Morgan fingerprint density at radius 1 is 1.67 bits per heavy atom. The van der Waals surface area contributed by atoms with Gasteiger partial charge in [-0.1, -0.05) is 13.8 Å². The van der Waals surface area contributed by atoms with Crippen molar-refractivity contribution in [3.8, 4) is 0 Å². The second-order valence-corrected chi connectivity index (χ2v) is 6.70. The summed E-state index contributed by atoms with van der Waals surface area (Å²) in [6, 6.07) is 0. The van der Waals surface area contributed by atoms with E-state index in [0.29, 0.717) is 5.25 Å². The van der Waals surface area contributed by atoms with Crippen molar-refractivity contribution >= 4 is 17.7 Å². The van der Waals surface area contributed by atoms with Gasteiger partial charge >= 0.3 is 5.97 Å². The molecule has 4 nitrogen and oxygen atoms in total. The fraction of sp³-hybridized carbons (Fsp3) is 0.923. The molecule has 0 heterocycles. The summed E-state index contributed by atoms with van der Waals surface area (Å²) in [5, 5.41) is 13.1. The summed E-state index contributed by atoms with van der Waals surface area (Å²) in [5.74, 6) is -0.147. The molecule has 0 spiro atoms. The van der Waals surface area contributed by atoms with Crippen LogP contribution in [0.3, 0.4) is 0 Å². The Hall–Kier alpha value is -0.260. The van der Waals surface area contributed by atoms with E-state index in [4.69, 9.17) is 9.84 Å². The second-order valence-electron chi connectivity index (χ2n) is 4.95. The molecule has 1 saturated carbocycles. The molecule has 3 unspecified atom stereocenters. The zero-order valence-electron chi connectivity index (χ0n) is 11.6. The van der Waals surface area contributed by atoms with Gasteiger partial charge in [-0.05, 0) is 32.2 Å². The van der Waals surface area contributed by atoms with E-state index in [1.165, 1.54) is 7.11 Å². The first-order chi connectivity index (χ1) is 8.57. The highest BCUT2D eigenvalue weighted by molar-refractivity contribution is 8.00. The largest absolute Gasteiger partial charge is 0.468 e. The number of likely N-dealkylation sites (N-methyl/N-ethyl adjacent to an activating group) is 1. The van der Waals surface area contributed by atoms with E-state index >= 15 is 0 Å². The molecule has 1 aliphatic carbocycles. The topological polar surface area (TPSA) is 58.6 Å². The SMILES string of the molecule is CCNC1(C(=O)OC)CCCC(SC(C)CO)C1.